The maximum absolute atomic E-state index is 12.4. The lowest BCUT2D eigenvalue weighted by Crippen LogP contribution is -2.26. The molecule has 8 nitrogen and oxygen atoms in total. The van der Waals surface area contributed by atoms with Crippen molar-refractivity contribution in [2.24, 2.45) is 0 Å². The Morgan fingerprint density at radius 2 is 1.12 bits per heavy atom. The Kier molecular flexibility index (Phi) is 13.8. The third-order valence-electron chi connectivity index (χ3n) is 4.35. The molecule has 1 rings (SSSR count). The van der Waals surface area contributed by atoms with Crippen molar-refractivity contribution in [3.05, 3.63) is 35.4 Å². The van der Waals surface area contributed by atoms with Crippen molar-refractivity contribution in [2.75, 3.05) is 13.2 Å². The zero-order valence-electron chi connectivity index (χ0n) is 20.1. The highest BCUT2D eigenvalue weighted by molar-refractivity contribution is 5.95. The summed E-state index contributed by atoms with van der Waals surface area (Å²) in [6.45, 7) is 12.0. The van der Waals surface area contributed by atoms with Crippen LogP contribution in [0.2, 0.25) is 0 Å². The molecule has 0 aromatic heterocycles. The van der Waals surface area contributed by atoms with E-state index in [1.807, 2.05) is 0 Å². The van der Waals surface area contributed by atoms with Crippen molar-refractivity contribution in [3.63, 3.8) is 0 Å². The second-order valence-electron chi connectivity index (χ2n) is 7.38. The van der Waals surface area contributed by atoms with Gasteiger partial charge in [-0.3, -0.25) is 0 Å². The average Bonchev–Trinajstić information content (AvgIpc) is 2.73. The van der Waals surface area contributed by atoms with E-state index in [2.05, 4.69) is 13.8 Å². The quantitative estimate of drug-likeness (QED) is 0.195. The first kappa shape index (κ1) is 28.0. The molecule has 0 heterocycles. The standard InChI is InChI=1S/C24H38O8/c1-7-9-14-27-17(3)29-19(5)31-23(25)21-12-11-13-22(16-21)24(26)32-20(6)30-18(4)28-15-10-8-2/h11-13,16-20H,7-10,14-15H2,1-6H3. The number of hydrogen-bond donors (Lipinski definition) is 0. The molecule has 1 aromatic rings. The second-order valence-corrected chi connectivity index (χ2v) is 7.38. The van der Waals surface area contributed by atoms with Crippen molar-refractivity contribution < 1.29 is 38.0 Å². The van der Waals surface area contributed by atoms with E-state index in [0.717, 1.165) is 25.7 Å². The van der Waals surface area contributed by atoms with E-state index in [4.69, 9.17) is 28.4 Å². The van der Waals surface area contributed by atoms with E-state index in [1.54, 1.807) is 45.9 Å². The van der Waals surface area contributed by atoms with Crippen molar-refractivity contribution in [3.8, 4) is 0 Å². The molecular weight excluding hydrogens is 416 g/mol. The number of ether oxygens (including phenoxy) is 6. The number of benzene rings is 1. The van der Waals surface area contributed by atoms with E-state index in [9.17, 15) is 9.59 Å². The fourth-order valence-electron chi connectivity index (χ4n) is 2.67. The van der Waals surface area contributed by atoms with E-state index in [0.29, 0.717) is 13.2 Å². The number of carbonyl (C=O) groups is 2. The maximum Gasteiger partial charge on any atom is 0.340 e. The van der Waals surface area contributed by atoms with Gasteiger partial charge in [0.25, 0.3) is 0 Å². The zero-order chi connectivity index (χ0) is 23.9. The van der Waals surface area contributed by atoms with Gasteiger partial charge in [0, 0.05) is 13.2 Å². The van der Waals surface area contributed by atoms with Crippen molar-refractivity contribution in [1.82, 2.24) is 0 Å². The summed E-state index contributed by atoms with van der Waals surface area (Å²) in [4.78, 5) is 24.9. The van der Waals surface area contributed by atoms with Gasteiger partial charge in [-0.1, -0.05) is 32.8 Å². The van der Waals surface area contributed by atoms with Crippen molar-refractivity contribution in [2.45, 2.75) is 92.4 Å². The van der Waals surface area contributed by atoms with Gasteiger partial charge in [-0.05, 0) is 58.7 Å². The molecule has 8 heteroatoms. The van der Waals surface area contributed by atoms with Gasteiger partial charge < -0.3 is 28.4 Å². The molecule has 1 aromatic carbocycles. The first-order valence-corrected chi connectivity index (χ1v) is 11.3. The predicted molar refractivity (Wildman–Crippen MR) is 119 cm³/mol. The van der Waals surface area contributed by atoms with Gasteiger partial charge in [-0.2, -0.15) is 0 Å². The van der Waals surface area contributed by atoms with Crippen LogP contribution < -0.4 is 0 Å². The van der Waals surface area contributed by atoms with Crippen LogP contribution in [-0.2, 0) is 28.4 Å². The zero-order valence-corrected chi connectivity index (χ0v) is 20.1. The molecule has 0 spiro atoms. The third kappa shape index (κ3) is 11.6. The summed E-state index contributed by atoms with van der Waals surface area (Å²) in [5, 5.41) is 0. The summed E-state index contributed by atoms with van der Waals surface area (Å²) in [5.74, 6) is -1.23. The lowest BCUT2D eigenvalue weighted by Gasteiger charge is -2.20. The van der Waals surface area contributed by atoms with Gasteiger partial charge in [-0.25, -0.2) is 9.59 Å². The summed E-state index contributed by atoms with van der Waals surface area (Å²) in [7, 11) is 0. The summed E-state index contributed by atoms with van der Waals surface area (Å²) in [5.41, 5.74) is 0.415. The van der Waals surface area contributed by atoms with Crippen LogP contribution in [0.25, 0.3) is 0 Å². The van der Waals surface area contributed by atoms with Gasteiger partial charge in [0.2, 0.25) is 12.6 Å². The molecule has 0 aliphatic heterocycles. The Labute approximate surface area is 191 Å². The van der Waals surface area contributed by atoms with E-state index >= 15 is 0 Å². The number of carbonyl (C=O) groups excluding carboxylic acids is 2. The molecule has 0 aliphatic rings. The Balaban J connectivity index is 2.54. The minimum absolute atomic E-state index is 0.208. The van der Waals surface area contributed by atoms with Crippen LogP contribution in [0.3, 0.4) is 0 Å². The molecule has 0 aliphatic carbocycles. The fraction of sp³-hybridized carbons (Fsp3) is 0.667. The SMILES string of the molecule is CCCCOC(C)OC(C)OC(=O)c1cccc(C(=O)OC(C)OC(C)OCCCC)c1. The fourth-order valence-corrected chi connectivity index (χ4v) is 2.67. The number of unbranched alkanes of at least 4 members (excludes halogenated alkanes) is 2. The van der Waals surface area contributed by atoms with Gasteiger partial charge in [-0.15, -0.1) is 0 Å². The Hall–Kier alpha value is -2.00. The highest BCUT2D eigenvalue weighted by atomic mass is 16.8. The van der Waals surface area contributed by atoms with Crippen LogP contribution in [0.1, 0.15) is 87.9 Å². The van der Waals surface area contributed by atoms with Gasteiger partial charge in [0.05, 0.1) is 11.1 Å². The Morgan fingerprint density at radius 1 is 0.719 bits per heavy atom. The van der Waals surface area contributed by atoms with Crippen LogP contribution in [-0.4, -0.2) is 50.3 Å². The van der Waals surface area contributed by atoms with Crippen LogP contribution >= 0.6 is 0 Å². The van der Waals surface area contributed by atoms with E-state index in [1.165, 1.54) is 6.07 Å². The number of esters is 2. The smallest absolute Gasteiger partial charge is 0.340 e. The average molecular weight is 455 g/mol. The lowest BCUT2D eigenvalue weighted by atomic mass is 10.1. The molecule has 0 bridgehead atoms. The van der Waals surface area contributed by atoms with Crippen LogP contribution in [0.4, 0.5) is 0 Å². The predicted octanol–water partition coefficient (Wildman–Crippen LogP) is 5.05. The molecule has 4 unspecified atom stereocenters. The first-order valence-electron chi connectivity index (χ1n) is 11.3. The van der Waals surface area contributed by atoms with Crippen LogP contribution in [0, 0.1) is 0 Å². The Bertz CT molecular complexity index is 624. The molecule has 0 saturated heterocycles. The largest absolute Gasteiger partial charge is 0.432 e. The monoisotopic (exact) mass is 454 g/mol. The first-order chi connectivity index (χ1) is 15.3. The number of rotatable bonds is 16. The number of hydrogen-bond acceptors (Lipinski definition) is 8. The molecule has 182 valence electrons. The highest BCUT2D eigenvalue weighted by Gasteiger charge is 2.19. The molecule has 0 fully saturated rings. The van der Waals surface area contributed by atoms with E-state index in [-0.39, 0.29) is 11.1 Å². The van der Waals surface area contributed by atoms with Crippen molar-refractivity contribution >= 4 is 11.9 Å². The van der Waals surface area contributed by atoms with Crippen molar-refractivity contribution in [1.29, 1.82) is 0 Å². The molecule has 0 N–H and O–H groups in total. The minimum Gasteiger partial charge on any atom is -0.432 e. The second kappa shape index (κ2) is 15.7. The molecule has 0 amide bonds. The molecule has 0 saturated carbocycles. The van der Waals surface area contributed by atoms with Gasteiger partial charge in [0.15, 0.2) is 12.6 Å². The Morgan fingerprint density at radius 3 is 1.50 bits per heavy atom. The summed E-state index contributed by atoms with van der Waals surface area (Å²) < 4.78 is 32.6. The van der Waals surface area contributed by atoms with Crippen LogP contribution in [0.5, 0.6) is 0 Å². The van der Waals surface area contributed by atoms with Gasteiger partial charge >= 0.3 is 11.9 Å². The third-order valence-corrected chi connectivity index (χ3v) is 4.35. The molecule has 32 heavy (non-hydrogen) atoms. The van der Waals surface area contributed by atoms with Gasteiger partial charge in [0.1, 0.15) is 0 Å². The van der Waals surface area contributed by atoms with Crippen LogP contribution in [0.15, 0.2) is 24.3 Å². The van der Waals surface area contributed by atoms with E-state index < -0.39 is 37.1 Å². The maximum atomic E-state index is 12.4. The highest BCUT2D eigenvalue weighted by Crippen LogP contribution is 2.13. The molecular formula is C24H38O8. The topological polar surface area (TPSA) is 89.5 Å². The summed E-state index contributed by atoms with van der Waals surface area (Å²) in [6.07, 6.45) is 1.29. The normalized spacial score (nSPS) is 14.9. The summed E-state index contributed by atoms with van der Waals surface area (Å²) >= 11 is 0. The summed E-state index contributed by atoms with van der Waals surface area (Å²) in [6, 6.07) is 6.09. The lowest BCUT2D eigenvalue weighted by molar-refractivity contribution is -0.214. The molecule has 4 atom stereocenters. The molecule has 0 radical (unpaired) electrons. The minimum atomic E-state index is -0.808.